The van der Waals surface area contributed by atoms with Gasteiger partial charge in [0.25, 0.3) is 0 Å². The molecule has 3 nitrogen and oxygen atoms in total. The quantitative estimate of drug-likeness (QED) is 0.450. The molecule has 0 unspecified atom stereocenters. The van der Waals surface area contributed by atoms with Crippen LogP contribution in [0.25, 0.3) is 6.08 Å². The van der Waals surface area contributed by atoms with Gasteiger partial charge in [-0.3, -0.25) is 0 Å². The maximum Gasteiger partial charge on any atom is 0.336 e. The first-order valence-electron chi connectivity index (χ1n) is 6.79. The lowest BCUT2D eigenvalue weighted by atomic mass is 10.1. The lowest BCUT2D eigenvalue weighted by molar-refractivity contribution is -0.128. The van der Waals surface area contributed by atoms with Gasteiger partial charge in [0.2, 0.25) is 0 Å². The Balaban J connectivity index is 2.13. The molecule has 0 aliphatic carbocycles. The van der Waals surface area contributed by atoms with E-state index in [2.05, 4.69) is 15.9 Å². The predicted molar refractivity (Wildman–Crippen MR) is 91.3 cm³/mol. The largest absolute Gasteiger partial charge is 0.496 e. The third-order valence-corrected chi connectivity index (χ3v) is 3.50. The van der Waals surface area contributed by atoms with Gasteiger partial charge in [0.15, 0.2) is 0 Å². The zero-order valence-corrected chi connectivity index (χ0v) is 14.3. The molecule has 0 spiro atoms. The molecule has 0 fully saturated rings. The Bertz CT molecular complexity index is 700. The number of rotatable bonds is 4. The lowest BCUT2D eigenvalue weighted by Crippen LogP contribution is -2.04. The van der Waals surface area contributed by atoms with Crippen LogP contribution in [0.1, 0.15) is 16.7 Å². The van der Waals surface area contributed by atoms with E-state index in [0.29, 0.717) is 11.5 Å². The number of carbonyl (C=O) groups excluding carboxylic acids is 1. The Labute approximate surface area is 138 Å². The Morgan fingerprint density at radius 2 is 1.77 bits per heavy atom. The molecule has 0 atom stereocenters. The first-order chi connectivity index (χ1) is 10.5. The summed E-state index contributed by atoms with van der Waals surface area (Å²) in [5.74, 6) is 0.819. The molecule has 0 aromatic heterocycles. The van der Waals surface area contributed by atoms with Crippen molar-refractivity contribution in [2.45, 2.75) is 13.8 Å². The van der Waals surface area contributed by atoms with Gasteiger partial charge < -0.3 is 9.47 Å². The van der Waals surface area contributed by atoms with Crippen LogP contribution in [0.3, 0.4) is 0 Å². The third-order valence-electron chi connectivity index (χ3n) is 3.00. The van der Waals surface area contributed by atoms with E-state index in [9.17, 15) is 4.79 Å². The van der Waals surface area contributed by atoms with Gasteiger partial charge in [0.1, 0.15) is 11.5 Å². The first kappa shape index (κ1) is 16.3. The van der Waals surface area contributed by atoms with Crippen molar-refractivity contribution in [3.05, 3.63) is 63.6 Å². The fraction of sp³-hybridized carbons (Fsp3) is 0.167. The molecule has 2 aromatic rings. The smallest absolute Gasteiger partial charge is 0.336 e. The molecule has 0 heterocycles. The summed E-state index contributed by atoms with van der Waals surface area (Å²) >= 11 is 3.40. The molecule has 0 bridgehead atoms. The number of hydrogen-bond donors (Lipinski definition) is 0. The Morgan fingerprint density at radius 1 is 1.09 bits per heavy atom. The normalized spacial score (nSPS) is 10.7. The average molecular weight is 361 g/mol. The summed E-state index contributed by atoms with van der Waals surface area (Å²) in [5.41, 5.74) is 2.91. The van der Waals surface area contributed by atoms with Crippen molar-refractivity contribution in [1.29, 1.82) is 0 Å². The number of benzene rings is 2. The molecule has 2 rings (SSSR count). The van der Waals surface area contributed by atoms with Crippen LogP contribution in [0, 0.1) is 13.8 Å². The SMILES string of the molecule is COc1ccc(Br)cc1/C=C/C(=O)Oc1cc(C)cc(C)c1. The molecule has 0 radical (unpaired) electrons. The lowest BCUT2D eigenvalue weighted by Gasteiger charge is -2.06. The van der Waals surface area contributed by atoms with Crippen LogP contribution in [0.15, 0.2) is 46.9 Å². The number of hydrogen-bond acceptors (Lipinski definition) is 3. The van der Waals surface area contributed by atoms with E-state index in [-0.39, 0.29) is 0 Å². The van der Waals surface area contributed by atoms with Crippen molar-refractivity contribution in [3.8, 4) is 11.5 Å². The van der Waals surface area contributed by atoms with Gasteiger partial charge in [0, 0.05) is 16.1 Å². The fourth-order valence-corrected chi connectivity index (χ4v) is 2.51. The molecule has 2 aromatic carbocycles. The standard InChI is InChI=1S/C18H17BrO3/c1-12-8-13(2)10-16(9-12)22-18(20)7-4-14-11-15(19)5-6-17(14)21-3/h4-11H,1-3H3/b7-4+. The van der Waals surface area contributed by atoms with E-state index in [1.54, 1.807) is 13.2 Å². The summed E-state index contributed by atoms with van der Waals surface area (Å²) < 4.78 is 11.5. The summed E-state index contributed by atoms with van der Waals surface area (Å²) in [6.07, 6.45) is 3.07. The van der Waals surface area contributed by atoms with Crippen LogP contribution in [0.4, 0.5) is 0 Å². The Hall–Kier alpha value is -2.07. The summed E-state index contributed by atoms with van der Waals surface area (Å²) in [5, 5.41) is 0. The fourth-order valence-electron chi connectivity index (χ4n) is 2.14. The van der Waals surface area contributed by atoms with Crippen LogP contribution < -0.4 is 9.47 Å². The zero-order chi connectivity index (χ0) is 16.1. The van der Waals surface area contributed by atoms with E-state index in [1.165, 1.54) is 6.08 Å². The number of ether oxygens (including phenoxy) is 2. The molecular weight excluding hydrogens is 344 g/mol. The number of carbonyl (C=O) groups is 1. The second-order valence-electron chi connectivity index (χ2n) is 4.96. The molecule has 0 aliphatic heterocycles. The molecule has 0 saturated carbocycles. The Morgan fingerprint density at radius 3 is 2.41 bits per heavy atom. The van der Waals surface area contributed by atoms with Crippen LogP contribution in [0.5, 0.6) is 11.5 Å². The molecule has 22 heavy (non-hydrogen) atoms. The second kappa shape index (κ2) is 7.27. The minimum absolute atomic E-state index is 0.424. The summed E-state index contributed by atoms with van der Waals surface area (Å²) in [7, 11) is 1.59. The summed E-state index contributed by atoms with van der Waals surface area (Å²) in [6, 6.07) is 11.3. The van der Waals surface area contributed by atoms with Gasteiger partial charge in [-0.25, -0.2) is 4.79 Å². The van der Waals surface area contributed by atoms with Gasteiger partial charge in [-0.15, -0.1) is 0 Å². The van der Waals surface area contributed by atoms with Gasteiger partial charge in [-0.2, -0.15) is 0 Å². The highest BCUT2D eigenvalue weighted by atomic mass is 79.9. The van der Waals surface area contributed by atoms with E-state index < -0.39 is 5.97 Å². The number of esters is 1. The molecule has 4 heteroatoms. The molecule has 0 N–H and O–H groups in total. The molecule has 0 saturated heterocycles. The molecule has 114 valence electrons. The van der Waals surface area contributed by atoms with Crippen LogP contribution in [-0.4, -0.2) is 13.1 Å². The van der Waals surface area contributed by atoms with Crippen molar-refractivity contribution in [1.82, 2.24) is 0 Å². The van der Waals surface area contributed by atoms with Crippen molar-refractivity contribution >= 4 is 28.0 Å². The van der Waals surface area contributed by atoms with E-state index >= 15 is 0 Å². The number of aryl methyl sites for hydroxylation is 2. The topological polar surface area (TPSA) is 35.5 Å². The van der Waals surface area contributed by atoms with Gasteiger partial charge in [0.05, 0.1) is 7.11 Å². The van der Waals surface area contributed by atoms with Gasteiger partial charge in [-0.05, 0) is 61.4 Å². The van der Waals surface area contributed by atoms with E-state index in [0.717, 1.165) is 21.2 Å². The minimum Gasteiger partial charge on any atom is -0.496 e. The maximum atomic E-state index is 11.9. The highest BCUT2D eigenvalue weighted by Crippen LogP contribution is 2.24. The summed E-state index contributed by atoms with van der Waals surface area (Å²) in [6.45, 7) is 3.93. The molecule has 0 aliphatic rings. The average Bonchev–Trinajstić information content (AvgIpc) is 2.44. The molecule has 0 amide bonds. The monoisotopic (exact) mass is 360 g/mol. The van der Waals surface area contributed by atoms with Crippen molar-refractivity contribution in [2.24, 2.45) is 0 Å². The maximum absolute atomic E-state index is 11.9. The first-order valence-corrected chi connectivity index (χ1v) is 7.59. The van der Waals surface area contributed by atoms with Crippen molar-refractivity contribution in [2.75, 3.05) is 7.11 Å². The van der Waals surface area contributed by atoms with E-state index in [1.807, 2.05) is 50.2 Å². The zero-order valence-electron chi connectivity index (χ0n) is 12.7. The predicted octanol–water partition coefficient (Wildman–Crippen LogP) is 4.69. The highest BCUT2D eigenvalue weighted by molar-refractivity contribution is 9.10. The van der Waals surface area contributed by atoms with Crippen molar-refractivity contribution in [3.63, 3.8) is 0 Å². The van der Waals surface area contributed by atoms with Crippen molar-refractivity contribution < 1.29 is 14.3 Å². The molecular formula is C18H17BrO3. The van der Waals surface area contributed by atoms with Crippen LogP contribution >= 0.6 is 15.9 Å². The Kier molecular flexibility index (Phi) is 5.39. The van der Waals surface area contributed by atoms with E-state index in [4.69, 9.17) is 9.47 Å². The van der Waals surface area contributed by atoms with Crippen LogP contribution in [0.2, 0.25) is 0 Å². The van der Waals surface area contributed by atoms with Crippen LogP contribution in [-0.2, 0) is 4.79 Å². The second-order valence-corrected chi connectivity index (χ2v) is 5.88. The third kappa shape index (κ3) is 4.46. The van der Waals surface area contributed by atoms with Gasteiger partial charge in [-0.1, -0.05) is 22.0 Å². The summed E-state index contributed by atoms with van der Waals surface area (Å²) in [4.78, 5) is 11.9. The number of halogens is 1. The van der Waals surface area contributed by atoms with Gasteiger partial charge >= 0.3 is 5.97 Å². The minimum atomic E-state index is -0.424. The highest BCUT2D eigenvalue weighted by Gasteiger charge is 2.04. The number of methoxy groups -OCH3 is 1.